The molecule has 0 saturated carbocycles. The molecule has 4 N–H and O–H groups in total. The molecule has 7 heteroatoms. The average Bonchev–Trinajstić information content (AvgIpc) is 2.61. The molecule has 0 amide bonds. The zero-order valence-electron chi connectivity index (χ0n) is 14.5. The average molecular weight is 332 g/mol. The van der Waals surface area contributed by atoms with E-state index in [0.29, 0.717) is 22.9 Å². The van der Waals surface area contributed by atoms with Crippen LogP contribution in [0.2, 0.25) is 0 Å². The summed E-state index contributed by atoms with van der Waals surface area (Å²) in [6.45, 7) is 4.22. The number of aliphatic hydroxyl groups is 1. The minimum absolute atomic E-state index is 0.220. The maximum Gasteiger partial charge on any atom is 0.222 e. The molecule has 0 saturated heterocycles. The van der Waals surface area contributed by atoms with E-state index >= 15 is 0 Å². The van der Waals surface area contributed by atoms with Crippen LogP contribution in [0, 0.1) is 6.92 Å². The molecule has 1 atom stereocenters. The predicted octanol–water partition coefficient (Wildman–Crippen LogP) is 2.09. The summed E-state index contributed by atoms with van der Waals surface area (Å²) < 4.78 is 10.5. The number of benzene rings is 1. The van der Waals surface area contributed by atoms with Crippen molar-refractivity contribution in [1.29, 1.82) is 0 Å². The van der Waals surface area contributed by atoms with Crippen LogP contribution in [0.5, 0.6) is 11.5 Å². The number of aromatic nitrogens is 2. The van der Waals surface area contributed by atoms with Gasteiger partial charge in [0.1, 0.15) is 17.3 Å². The molecule has 0 aliphatic rings. The Hall–Kier alpha value is -2.54. The highest BCUT2D eigenvalue weighted by Crippen LogP contribution is 2.27. The zero-order chi connectivity index (χ0) is 17.7. The van der Waals surface area contributed by atoms with Crippen LogP contribution in [0.4, 0.5) is 11.8 Å². The van der Waals surface area contributed by atoms with Crippen molar-refractivity contribution < 1.29 is 14.6 Å². The first kappa shape index (κ1) is 17.8. The SMILES string of the molecule is CCc1nc(N)nc(NCC(O)c2cc(OC)cc(OC)c2)c1C. The fourth-order valence-electron chi connectivity index (χ4n) is 2.43. The van der Waals surface area contributed by atoms with Gasteiger partial charge in [0.2, 0.25) is 5.95 Å². The van der Waals surface area contributed by atoms with Crippen molar-refractivity contribution in [3.8, 4) is 11.5 Å². The number of nitrogens with zero attached hydrogens (tertiary/aromatic N) is 2. The van der Waals surface area contributed by atoms with Gasteiger partial charge in [-0.15, -0.1) is 0 Å². The predicted molar refractivity (Wildman–Crippen MR) is 93.6 cm³/mol. The summed E-state index contributed by atoms with van der Waals surface area (Å²) >= 11 is 0. The summed E-state index contributed by atoms with van der Waals surface area (Å²) in [5.74, 6) is 2.10. The van der Waals surface area contributed by atoms with Gasteiger partial charge in [-0.3, -0.25) is 0 Å². The number of hydrogen-bond donors (Lipinski definition) is 3. The number of ether oxygens (including phenoxy) is 2. The van der Waals surface area contributed by atoms with Crippen LogP contribution in [-0.2, 0) is 6.42 Å². The second kappa shape index (κ2) is 7.83. The van der Waals surface area contributed by atoms with Gasteiger partial charge in [-0.05, 0) is 31.0 Å². The largest absolute Gasteiger partial charge is 0.497 e. The zero-order valence-corrected chi connectivity index (χ0v) is 14.5. The van der Waals surface area contributed by atoms with Crippen molar-refractivity contribution in [1.82, 2.24) is 9.97 Å². The molecule has 7 nitrogen and oxygen atoms in total. The molecule has 0 radical (unpaired) electrons. The van der Waals surface area contributed by atoms with E-state index in [1.807, 2.05) is 13.8 Å². The molecule has 1 heterocycles. The maximum absolute atomic E-state index is 10.5. The van der Waals surface area contributed by atoms with E-state index < -0.39 is 6.10 Å². The van der Waals surface area contributed by atoms with Gasteiger partial charge in [0.05, 0.1) is 26.0 Å². The lowest BCUT2D eigenvalue weighted by atomic mass is 10.1. The van der Waals surface area contributed by atoms with Crippen molar-refractivity contribution >= 4 is 11.8 Å². The highest BCUT2D eigenvalue weighted by molar-refractivity contribution is 5.49. The fraction of sp³-hybridized carbons (Fsp3) is 0.412. The van der Waals surface area contributed by atoms with Gasteiger partial charge in [0, 0.05) is 18.2 Å². The Morgan fingerprint density at radius 2 is 1.79 bits per heavy atom. The minimum Gasteiger partial charge on any atom is -0.497 e. The molecule has 1 aromatic carbocycles. The second-order valence-corrected chi connectivity index (χ2v) is 5.40. The first-order valence-corrected chi connectivity index (χ1v) is 7.76. The van der Waals surface area contributed by atoms with Crippen molar-refractivity contribution in [2.24, 2.45) is 0 Å². The van der Waals surface area contributed by atoms with E-state index in [-0.39, 0.29) is 12.5 Å². The summed E-state index contributed by atoms with van der Waals surface area (Å²) in [6.07, 6.45) is 0.0118. The van der Waals surface area contributed by atoms with Crippen LogP contribution < -0.4 is 20.5 Å². The number of methoxy groups -OCH3 is 2. The normalized spacial score (nSPS) is 11.9. The Balaban J connectivity index is 2.16. The quantitative estimate of drug-likeness (QED) is 0.713. The smallest absolute Gasteiger partial charge is 0.222 e. The standard InChI is InChI=1S/C17H24N4O3/c1-5-14-10(2)16(21-17(18)20-14)19-9-15(22)11-6-12(23-3)8-13(7-11)24-4/h6-8,15,22H,5,9H2,1-4H3,(H3,18,19,20,21). The molecule has 0 fully saturated rings. The molecule has 2 aromatic rings. The first-order chi connectivity index (χ1) is 11.5. The maximum atomic E-state index is 10.5. The summed E-state index contributed by atoms with van der Waals surface area (Å²) in [4.78, 5) is 8.42. The number of hydrogen-bond acceptors (Lipinski definition) is 7. The number of aliphatic hydroxyl groups excluding tert-OH is 1. The van der Waals surface area contributed by atoms with Crippen LogP contribution in [0.3, 0.4) is 0 Å². The summed E-state index contributed by atoms with van der Waals surface area (Å²) in [5, 5.41) is 13.6. The van der Waals surface area contributed by atoms with Crippen LogP contribution in [0.15, 0.2) is 18.2 Å². The molecule has 0 spiro atoms. The number of aryl methyl sites for hydroxylation is 1. The Bertz CT molecular complexity index is 684. The molecule has 130 valence electrons. The van der Waals surface area contributed by atoms with E-state index in [4.69, 9.17) is 15.2 Å². The van der Waals surface area contributed by atoms with Gasteiger partial charge in [0.15, 0.2) is 0 Å². The second-order valence-electron chi connectivity index (χ2n) is 5.40. The third kappa shape index (κ3) is 4.05. The van der Waals surface area contributed by atoms with E-state index in [1.54, 1.807) is 32.4 Å². The van der Waals surface area contributed by atoms with Crippen molar-refractivity contribution in [3.05, 3.63) is 35.0 Å². The molecular weight excluding hydrogens is 308 g/mol. The van der Waals surface area contributed by atoms with Crippen molar-refractivity contribution in [3.63, 3.8) is 0 Å². The molecule has 0 aliphatic carbocycles. The third-order valence-electron chi connectivity index (χ3n) is 3.82. The lowest BCUT2D eigenvalue weighted by molar-refractivity contribution is 0.190. The van der Waals surface area contributed by atoms with Gasteiger partial charge in [0.25, 0.3) is 0 Å². The Labute approximate surface area is 141 Å². The first-order valence-electron chi connectivity index (χ1n) is 7.76. The Morgan fingerprint density at radius 1 is 1.17 bits per heavy atom. The number of nitrogens with two attached hydrogens (primary N) is 1. The van der Waals surface area contributed by atoms with Gasteiger partial charge >= 0.3 is 0 Å². The van der Waals surface area contributed by atoms with Crippen LogP contribution in [-0.4, -0.2) is 35.8 Å². The third-order valence-corrected chi connectivity index (χ3v) is 3.82. The van der Waals surface area contributed by atoms with Gasteiger partial charge in [-0.1, -0.05) is 6.92 Å². The topological polar surface area (TPSA) is 103 Å². The number of rotatable bonds is 7. The molecule has 1 aromatic heterocycles. The van der Waals surface area contributed by atoms with Crippen molar-refractivity contribution in [2.45, 2.75) is 26.4 Å². The summed E-state index contributed by atoms with van der Waals surface area (Å²) in [7, 11) is 3.14. The van der Waals surface area contributed by atoms with E-state index in [9.17, 15) is 5.11 Å². The van der Waals surface area contributed by atoms with Crippen molar-refractivity contribution in [2.75, 3.05) is 31.8 Å². The molecule has 2 rings (SSSR count). The van der Waals surface area contributed by atoms with Crippen LogP contribution in [0.1, 0.15) is 29.8 Å². The number of nitrogens with one attached hydrogen (secondary N) is 1. The molecule has 0 aliphatic heterocycles. The lowest BCUT2D eigenvalue weighted by Gasteiger charge is -2.17. The highest BCUT2D eigenvalue weighted by Gasteiger charge is 2.13. The summed E-state index contributed by atoms with van der Waals surface area (Å²) in [5.41, 5.74) is 8.25. The van der Waals surface area contributed by atoms with Crippen LogP contribution >= 0.6 is 0 Å². The van der Waals surface area contributed by atoms with Gasteiger partial charge in [-0.2, -0.15) is 4.98 Å². The van der Waals surface area contributed by atoms with E-state index in [0.717, 1.165) is 17.7 Å². The molecule has 24 heavy (non-hydrogen) atoms. The van der Waals surface area contributed by atoms with E-state index in [2.05, 4.69) is 15.3 Å². The highest BCUT2D eigenvalue weighted by atomic mass is 16.5. The lowest BCUT2D eigenvalue weighted by Crippen LogP contribution is -2.16. The minimum atomic E-state index is -0.755. The Morgan fingerprint density at radius 3 is 2.33 bits per heavy atom. The monoisotopic (exact) mass is 332 g/mol. The molecule has 0 bridgehead atoms. The fourth-order valence-corrected chi connectivity index (χ4v) is 2.43. The number of anilines is 2. The number of nitrogen functional groups attached to an aromatic ring is 1. The van der Waals surface area contributed by atoms with Gasteiger partial charge in [-0.25, -0.2) is 4.98 Å². The molecule has 1 unspecified atom stereocenters. The molecular formula is C17H24N4O3. The van der Waals surface area contributed by atoms with Gasteiger partial charge < -0.3 is 25.6 Å². The van der Waals surface area contributed by atoms with E-state index in [1.165, 1.54) is 0 Å². The van der Waals surface area contributed by atoms with Crippen LogP contribution in [0.25, 0.3) is 0 Å². The summed E-state index contributed by atoms with van der Waals surface area (Å²) in [6, 6.07) is 5.30. The Kier molecular flexibility index (Phi) is 5.81.